The summed E-state index contributed by atoms with van der Waals surface area (Å²) in [4.78, 5) is 36.6. The van der Waals surface area contributed by atoms with Gasteiger partial charge in [0, 0.05) is 12.1 Å². The zero-order valence-electron chi connectivity index (χ0n) is 10.4. The minimum Gasteiger partial charge on any atom is -0.481 e. The number of carboxylic acids is 1. The Balaban J connectivity index is 2.09. The second-order valence-corrected chi connectivity index (χ2v) is 4.74. The highest BCUT2D eigenvalue weighted by Crippen LogP contribution is 2.24. The highest BCUT2D eigenvalue weighted by atomic mass is 16.4. The summed E-state index contributed by atoms with van der Waals surface area (Å²) < 4.78 is 0. The van der Waals surface area contributed by atoms with Gasteiger partial charge in [-0.15, -0.1) is 0 Å². The molecule has 6 heteroatoms. The van der Waals surface area contributed by atoms with Crippen LogP contribution in [0.25, 0.3) is 0 Å². The first-order valence-corrected chi connectivity index (χ1v) is 6.31. The van der Waals surface area contributed by atoms with E-state index in [1.54, 1.807) is 0 Å². The number of pyridine rings is 1. The van der Waals surface area contributed by atoms with E-state index in [4.69, 9.17) is 5.11 Å². The highest BCUT2D eigenvalue weighted by molar-refractivity contribution is 5.92. The van der Waals surface area contributed by atoms with Crippen molar-refractivity contribution in [3.05, 3.63) is 34.2 Å². The fraction of sp³-hybridized carbons (Fsp3) is 0.462. The van der Waals surface area contributed by atoms with Crippen molar-refractivity contribution in [3.63, 3.8) is 0 Å². The number of H-pyrrole nitrogens is 1. The van der Waals surface area contributed by atoms with E-state index < -0.39 is 17.8 Å². The molecule has 0 saturated heterocycles. The van der Waals surface area contributed by atoms with Crippen molar-refractivity contribution in [3.8, 4) is 0 Å². The van der Waals surface area contributed by atoms with E-state index in [-0.39, 0.29) is 17.3 Å². The third-order valence-corrected chi connectivity index (χ3v) is 3.41. The van der Waals surface area contributed by atoms with Gasteiger partial charge in [0.2, 0.25) is 5.56 Å². The molecule has 0 radical (unpaired) electrons. The van der Waals surface area contributed by atoms with Gasteiger partial charge in [0.1, 0.15) is 5.69 Å². The summed E-state index contributed by atoms with van der Waals surface area (Å²) in [6.07, 6.45) is 3.00. The number of aromatic nitrogens is 1. The second-order valence-electron chi connectivity index (χ2n) is 4.74. The molecule has 6 nitrogen and oxygen atoms in total. The minimum atomic E-state index is -0.883. The van der Waals surface area contributed by atoms with Gasteiger partial charge in [-0.2, -0.15) is 0 Å². The Morgan fingerprint density at radius 2 is 2.00 bits per heavy atom. The van der Waals surface area contributed by atoms with Crippen LogP contribution in [0.15, 0.2) is 23.0 Å². The maximum absolute atomic E-state index is 12.0. The number of aliphatic carboxylic acids is 1. The molecule has 19 heavy (non-hydrogen) atoms. The molecule has 1 amide bonds. The van der Waals surface area contributed by atoms with Crippen LogP contribution in [-0.2, 0) is 4.79 Å². The van der Waals surface area contributed by atoms with Crippen LogP contribution < -0.4 is 10.9 Å². The Kier molecular flexibility index (Phi) is 3.99. The van der Waals surface area contributed by atoms with Crippen LogP contribution in [0.4, 0.5) is 0 Å². The normalized spacial score (nSPS) is 22.7. The SMILES string of the molecule is O=C(NC1CCCCC1C(=O)O)c1cccc(=O)[nH]1. The lowest BCUT2D eigenvalue weighted by Gasteiger charge is -2.29. The van der Waals surface area contributed by atoms with Crippen LogP contribution in [0, 0.1) is 5.92 Å². The molecule has 1 aromatic rings. The van der Waals surface area contributed by atoms with Gasteiger partial charge >= 0.3 is 5.97 Å². The first-order valence-electron chi connectivity index (χ1n) is 6.31. The van der Waals surface area contributed by atoms with Crippen LogP contribution in [0.5, 0.6) is 0 Å². The number of nitrogens with one attached hydrogen (secondary N) is 2. The number of aromatic amines is 1. The van der Waals surface area contributed by atoms with E-state index in [0.29, 0.717) is 12.8 Å². The average molecular weight is 264 g/mol. The lowest BCUT2D eigenvalue weighted by atomic mass is 9.84. The third kappa shape index (κ3) is 3.21. The lowest BCUT2D eigenvalue weighted by molar-refractivity contribution is -0.143. The van der Waals surface area contributed by atoms with Gasteiger partial charge in [-0.25, -0.2) is 0 Å². The number of carbonyl (C=O) groups excluding carboxylic acids is 1. The van der Waals surface area contributed by atoms with Crippen LogP contribution in [0.2, 0.25) is 0 Å². The Morgan fingerprint density at radius 3 is 2.68 bits per heavy atom. The molecule has 2 atom stereocenters. The molecule has 0 spiro atoms. The van der Waals surface area contributed by atoms with Crippen molar-refractivity contribution in [1.82, 2.24) is 10.3 Å². The zero-order chi connectivity index (χ0) is 13.8. The maximum Gasteiger partial charge on any atom is 0.308 e. The fourth-order valence-electron chi connectivity index (χ4n) is 2.43. The second kappa shape index (κ2) is 5.69. The van der Waals surface area contributed by atoms with E-state index in [0.717, 1.165) is 12.8 Å². The number of hydrogen-bond donors (Lipinski definition) is 3. The Morgan fingerprint density at radius 1 is 1.26 bits per heavy atom. The molecule has 0 aliphatic heterocycles. The van der Waals surface area contributed by atoms with Gasteiger partial charge in [-0.05, 0) is 18.9 Å². The molecule has 0 aromatic carbocycles. The molecule has 2 unspecified atom stereocenters. The summed E-state index contributed by atoms with van der Waals surface area (Å²) in [5, 5.41) is 11.8. The van der Waals surface area contributed by atoms with Crippen molar-refractivity contribution in [2.45, 2.75) is 31.7 Å². The first kappa shape index (κ1) is 13.3. The predicted molar refractivity (Wildman–Crippen MR) is 67.9 cm³/mol. The molecule has 1 aliphatic carbocycles. The predicted octanol–water partition coefficient (Wildman–Crippen LogP) is 0.748. The maximum atomic E-state index is 12.0. The average Bonchev–Trinajstić information content (AvgIpc) is 2.39. The molecule has 0 bridgehead atoms. The Bertz CT molecular complexity index is 537. The molecular formula is C13H16N2O4. The Labute approximate surface area is 109 Å². The number of carboxylic acid groups (broad SMARTS) is 1. The van der Waals surface area contributed by atoms with Gasteiger partial charge in [0.25, 0.3) is 5.91 Å². The van der Waals surface area contributed by atoms with E-state index >= 15 is 0 Å². The molecule has 102 valence electrons. The van der Waals surface area contributed by atoms with Gasteiger partial charge in [-0.1, -0.05) is 18.9 Å². The number of rotatable bonds is 3. The van der Waals surface area contributed by atoms with Crippen molar-refractivity contribution in [2.75, 3.05) is 0 Å². The summed E-state index contributed by atoms with van der Waals surface area (Å²) in [5.74, 6) is -1.87. The largest absolute Gasteiger partial charge is 0.481 e. The minimum absolute atomic E-state index is 0.155. The van der Waals surface area contributed by atoms with Gasteiger partial charge in [0.05, 0.1) is 5.92 Å². The standard InChI is InChI=1S/C13H16N2O4/c16-11-7-3-6-10(14-11)12(17)15-9-5-2-1-4-8(9)13(18)19/h3,6-9H,1-2,4-5H2,(H,14,16)(H,15,17)(H,18,19). The van der Waals surface area contributed by atoms with Crippen molar-refractivity contribution < 1.29 is 14.7 Å². The molecule has 1 saturated carbocycles. The van der Waals surface area contributed by atoms with Crippen LogP contribution in [0.1, 0.15) is 36.2 Å². The molecule has 3 N–H and O–H groups in total. The summed E-state index contributed by atoms with van der Waals surface area (Å²) in [6.45, 7) is 0. The van der Waals surface area contributed by atoms with E-state index in [1.165, 1.54) is 18.2 Å². The molecular weight excluding hydrogens is 248 g/mol. The first-order chi connectivity index (χ1) is 9.08. The summed E-state index contributed by atoms with van der Waals surface area (Å²) in [7, 11) is 0. The zero-order valence-corrected chi connectivity index (χ0v) is 10.4. The van der Waals surface area contributed by atoms with Gasteiger partial charge < -0.3 is 15.4 Å². The highest BCUT2D eigenvalue weighted by Gasteiger charge is 2.32. The Hall–Kier alpha value is -2.11. The van der Waals surface area contributed by atoms with Crippen molar-refractivity contribution in [2.24, 2.45) is 5.92 Å². The van der Waals surface area contributed by atoms with Crippen molar-refractivity contribution >= 4 is 11.9 Å². The van der Waals surface area contributed by atoms with Crippen molar-refractivity contribution in [1.29, 1.82) is 0 Å². The topological polar surface area (TPSA) is 99.3 Å². The molecule has 2 rings (SSSR count). The van der Waals surface area contributed by atoms with Crippen LogP contribution in [0.3, 0.4) is 0 Å². The molecule has 1 heterocycles. The van der Waals surface area contributed by atoms with Gasteiger partial charge in [-0.3, -0.25) is 14.4 Å². The number of amides is 1. The van der Waals surface area contributed by atoms with E-state index in [1.807, 2.05) is 0 Å². The monoisotopic (exact) mass is 264 g/mol. The summed E-state index contributed by atoms with van der Waals surface area (Å²) in [5.41, 5.74) is -0.201. The van der Waals surface area contributed by atoms with Gasteiger partial charge in [0.15, 0.2) is 0 Å². The quantitative estimate of drug-likeness (QED) is 0.750. The number of carbonyl (C=O) groups is 2. The summed E-state index contributed by atoms with van der Waals surface area (Å²) >= 11 is 0. The third-order valence-electron chi connectivity index (χ3n) is 3.41. The number of hydrogen-bond acceptors (Lipinski definition) is 3. The van der Waals surface area contributed by atoms with Crippen LogP contribution in [-0.4, -0.2) is 28.0 Å². The smallest absolute Gasteiger partial charge is 0.308 e. The van der Waals surface area contributed by atoms with E-state index in [9.17, 15) is 14.4 Å². The lowest BCUT2D eigenvalue weighted by Crippen LogP contribution is -2.45. The molecule has 1 aliphatic rings. The van der Waals surface area contributed by atoms with E-state index in [2.05, 4.69) is 10.3 Å². The summed E-state index contributed by atoms with van der Waals surface area (Å²) in [6, 6.07) is 3.93. The molecule has 1 aromatic heterocycles. The molecule has 1 fully saturated rings. The fourth-order valence-corrected chi connectivity index (χ4v) is 2.43. The van der Waals surface area contributed by atoms with Crippen LogP contribution >= 0.6 is 0 Å².